The SMILES string of the molecule is CNC(=O)c1ccc(C)c(NC(=O)c2cnc(N)s2)c1. The van der Waals surface area contributed by atoms with E-state index in [0.717, 1.165) is 16.9 Å². The van der Waals surface area contributed by atoms with Crippen LogP contribution < -0.4 is 16.4 Å². The number of aromatic nitrogens is 1. The van der Waals surface area contributed by atoms with Gasteiger partial charge in [0.15, 0.2) is 5.13 Å². The van der Waals surface area contributed by atoms with Crippen LogP contribution in [0.2, 0.25) is 0 Å². The molecule has 0 fully saturated rings. The molecule has 0 unspecified atom stereocenters. The Morgan fingerprint density at radius 1 is 1.30 bits per heavy atom. The third-order valence-electron chi connectivity index (χ3n) is 2.72. The number of nitrogens with zero attached hydrogens (tertiary/aromatic N) is 1. The summed E-state index contributed by atoms with van der Waals surface area (Å²) >= 11 is 1.11. The normalized spacial score (nSPS) is 10.1. The number of thiazole rings is 1. The summed E-state index contributed by atoms with van der Waals surface area (Å²) in [7, 11) is 1.56. The summed E-state index contributed by atoms with van der Waals surface area (Å²) in [5.74, 6) is -0.501. The average molecular weight is 290 g/mol. The molecular weight excluding hydrogens is 276 g/mol. The van der Waals surface area contributed by atoms with Crippen molar-refractivity contribution in [2.45, 2.75) is 6.92 Å². The van der Waals surface area contributed by atoms with Gasteiger partial charge in [-0.15, -0.1) is 0 Å². The van der Waals surface area contributed by atoms with E-state index in [0.29, 0.717) is 21.3 Å². The molecule has 0 aliphatic carbocycles. The smallest absolute Gasteiger partial charge is 0.267 e. The van der Waals surface area contributed by atoms with E-state index in [-0.39, 0.29) is 11.8 Å². The van der Waals surface area contributed by atoms with Crippen LogP contribution in [0.3, 0.4) is 0 Å². The number of anilines is 2. The molecule has 2 aromatic rings. The van der Waals surface area contributed by atoms with Crippen LogP contribution in [-0.4, -0.2) is 23.8 Å². The predicted octanol–water partition coefficient (Wildman–Crippen LogP) is 1.65. The standard InChI is InChI=1S/C13H14N4O2S/c1-7-3-4-8(11(18)15-2)5-9(7)17-12(19)10-6-16-13(14)20-10/h3-6H,1-2H3,(H2,14,16)(H,15,18)(H,17,19). The lowest BCUT2D eigenvalue weighted by atomic mass is 10.1. The van der Waals surface area contributed by atoms with Crippen LogP contribution in [0.4, 0.5) is 10.8 Å². The summed E-state index contributed by atoms with van der Waals surface area (Å²) in [6.45, 7) is 1.85. The molecule has 2 rings (SSSR count). The fraction of sp³-hybridized carbons (Fsp3) is 0.154. The minimum absolute atomic E-state index is 0.206. The van der Waals surface area contributed by atoms with Crippen molar-refractivity contribution in [2.75, 3.05) is 18.1 Å². The number of hydrogen-bond donors (Lipinski definition) is 3. The van der Waals surface area contributed by atoms with Crippen LogP contribution in [0.1, 0.15) is 25.6 Å². The Morgan fingerprint density at radius 3 is 2.65 bits per heavy atom. The zero-order valence-corrected chi connectivity index (χ0v) is 11.9. The second kappa shape index (κ2) is 5.70. The molecule has 0 spiro atoms. The molecular formula is C13H14N4O2S. The molecule has 0 saturated carbocycles. The second-order valence-electron chi connectivity index (χ2n) is 4.13. The summed E-state index contributed by atoms with van der Waals surface area (Å²) in [6.07, 6.45) is 1.42. The van der Waals surface area contributed by atoms with Crippen molar-refractivity contribution < 1.29 is 9.59 Å². The van der Waals surface area contributed by atoms with Gasteiger partial charge < -0.3 is 16.4 Å². The molecule has 104 valence electrons. The van der Waals surface area contributed by atoms with Crippen molar-refractivity contribution in [2.24, 2.45) is 0 Å². The van der Waals surface area contributed by atoms with E-state index in [2.05, 4.69) is 15.6 Å². The van der Waals surface area contributed by atoms with Crippen molar-refractivity contribution in [3.8, 4) is 0 Å². The number of rotatable bonds is 3. The number of hydrogen-bond acceptors (Lipinski definition) is 5. The minimum Gasteiger partial charge on any atom is -0.375 e. The number of nitrogens with two attached hydrogens (primary N) is 1. The molecule has 1 aromatic carbocycles. The molecule has 7 heteroatoms. The maximum atomic E-state index is 12.0. The lowest BCUT2D eigenvalue weighted by Gasteiger charge is -2.09. The third-order valence-corrected chi connectivity index (χ3v) is 3.55. The number of aryl methyl sites for hydroxylation is 1. The Hall–Kier alpha value is -2.41. The Labute approximate surface area is 120 Å². The summed E-state index contributed by atoms with van der Waals surface area (Å²) in [5, 5.41) is 5.63. The first-order valence-electron chi connectivity index (χ1n) is 5.86. The van der Waals surface area contributed by atoms with Crippen molar-refractivity contribution in [1.29, 1.82) is 0 Å². The number of benzene rings is 1. The van der Waals surface area contributed by atoms with E-state index >= 15 is 0 Å². The first-order chi connectivity index (χ1) is 9.51. The van der Waals surface area contributed by atoms with E-state index in [1.165, 1.54) is 6.20 Å². The summed E-state index contributed by atoms with van der Waals surface area (Å²) in [5.41, 5.74) is 7.43. The summed E-state index contributed by atoms with van der Waals surface area (Å²) in [6, 6.07) is 5.12. The molecule has 0 saturated heterocycles. The van der Waals surface area contributed by atoms with Crippen LogP contribution in [-0.2, 0) is 0 Å². The lowest BCUT2D eigenvalue weighted by molar-refractivity contribution is 0.0961. The largest absolute Gasteiger partial charge is 0.375 e. The van der Waals surface area contributed by atoms with Crippen molar-refractivity contribution in [3.05, 3.63) is 40.4 Å². The third kappa shape index (κ3) is 2.94. The molecule has 6 nitrogen and oxygen atoms in total. The van der Waals surface area contributed by atoms with Gasteiger partial charge in [-0.2, -0.15) is 0 Å². The van der Waals surface area contributed by atoms with Gasteiger partial charge >= 0.3 is 0 Å². The highest BCUT2D eigenvalue weighted by molar-refractivity contribution is 7.17. The molecule has 0 aliphatic heterocycles. The number of nitrogen functional groups attached to an aromatic ring is 1. The van der Waals surface area contributed by atoms with Gasteiger partial charge in [0.2, 0.25) is 0 Å². The molecule has 1 heterocycles. The zero-order valence-electron chi connectivity index (χ0n) is 11.1. The maximum absolute atomic E-state index is 12.0. The van der Waals surface area contributed by atoms with Gasteiger partial charge in [-0.3, -0.25) is 9.59 Å². The summed E-state index contributed by atoms with van der Waals surface area (Å²) in [4.78, 5) is 27.9. The van der Waals surface area contributed by atoms with E-state index in [1.807, 2.05) is 6.92 Å². The Balaban J connectivity index is 2.24. The molecule has 20 heavy (non-hydrogen) atoms. The topological polar surface area (TPSA) is 97.1 Å². The first-order valence-corrected chi connectivity index (χ1v) is 6.68. The molecule has 2 amide bonds. The molecule has 0 bridgehead atoms. The van der Waals surface area contributed by atoms with Crippen LogP contribution in [0, 0.1) is 6.92 Å². The highest BCUT2D eigenvalue weighted by atomic mass is 32.1. The maximum Gasteiger partial charge on any atom is 0.267 e. The van der Waals surface area contributed by atoms with Gasteiger partial charge in [-0.25, -0.2) is 4.98 Å². The van der Waals surface area contributed by atoms with Gasteiger partial charge in [0.1, 0.15) is 4.88 Å². The fourth-order valence-electron chi connectivity index (χ4n) is 1.62. The Morgan fingerprint density at radius 2 is 2.05 bits per heavy atom. The van der Waals surface area contributed by atoms with Crippen LogP contribution in [0.15, 0.2) is 24.4 Å². The van der Waals surface area contributed by atoms with Crippen molar-refractivity contribution in [1.82, 2.24) is 10.3 Å². The first kappa shape index (κ1) is 14.0. The van der Waals surface area contributed by atoms with Crippen LogP contribution in [0.25, 0.3) is 0 Å². The number of amides is 2. The molecule has 0 atom stereocenters. The van der Waals surface area contributed by atoms with E-state index in [9.17, 15) is 9.59 Å². The van der Waals surface area contributed by atoms with Crippen molar-refractivity contribution in [3.63, 3.8) is 0 Å². The van der Waals surface area contributed by atoms with Gasteiger partial charge in [-0.1, -0.05) is 17.4 Å². The Kier molecular flexibility index (Phi) is 3.99. The fourth-order valence-corrected chi connectivity index (χ4v) is 2.20. The van der Waals surface area contributed by atoms with Gasteiger partial charge in [0.05, 0.1) is 6.20 Å². The van der Waals surface area contributed by atoms with Gasteiger partial charge in [0, 0.05) is 18.3 Å². The van der Waals surface area contributed by atoms with E-state index < -0.39 is 0 Å². The number of carbonyl (C=O) groups excluding carboxylic acids is 2. The highest BCUT2D eigenvalue weighted by Gasteiger charge is 2.12. The molecule has 1 aromatic heterocycles. The number of carbonyl (C=O) groups is 2. The highest BCUT2D eigenvalue weighted by Crippen LogP contribution is 2.20. The predicted molar refractivity (Wildman–Crippen MR) is 79.0 cm³/mol. The quantitative estimate of drug-likeness (QED) is 0.800. The number of nitrogens with one attached hydrogen (secondary N) is 2. The minimum atomic E-state index is -0.295. The lowest BCUT2D eigenvalue weighted by Crippen LogP contribution is -2.18. The monoisotopic (exact) mass is 290 g/mol. The molecule has 4 N–H and O–H groups in total. The van der Waals surface area contributed by atoms with E-state index in [1.54, 1.807) is 25.2 Å². The van der Waals surface area contributed by atoms with Gasteiger partial charge in [0.25, 0.3) is 11.8 Å². The van der Waals surface area contributed by atoms with Crippen LogP contribution >= 0.6 is 11.3 Å². The molecule has 0 radical (unpaired) electrons. The van der Waals surface area contributed by atoms with E-state index in [4.69, 9.17) is 5.73 Å². The Bertz CT molecular complexity index is 666. The summed E-state index contributed by atoms with van der Waals surface area (Å²) < 4.78 is 0. The van der Waals surface area contributed by atoms with Crippen molar-refractivity contribution >= 4 is 34.0 Å². The zero-order chi connectivity index (χ0) is 14.7. The second-order valence-corrected chi connectivity index (χ2v) is 5.19. The average Bonchev–Trinajstić information content (AvgIpc) is 2.87. The van der Waals surface area contributed by atoms with Gasteiger partial charge in [-0.05, 0) is 24.6 Å². The van der Waals surface area contributed by atoms with Crippen LogP contribution in [0.5, 0.6) is 0 Å². The molecule has 0 aliphatic rings.